The summed E-state index contributed by atoms with van der Waals surface area (Å²) in [6.07, 6.45) is 6.95. The highest BCUT2D eigenvalue weighted by Gasteiger charge is 2.36. The largest absolute Gasteiger partial charge is 0.347 e. The van der Waals surface area contributed by atoms with Gasteiger partial charge in [0.15, 0.2) is 5.82 Å². The Morgan fingerprint density at radius 1 is 1.47 bits per heavy atom. The molecule has 104 valence electrons. The summed E-state index contributed by atoms with van der Waals surface area (Å²) in [5, 5.41) is 3.44. The van der Waals surface area contributed by atoms with E-state index >= 15 is 0 Å². The minimum absolute atomic E-state index is 0.0666. The summed E-state index contributed by atoms with van der Waals surface area (Å²) in [6.45, 7) is 5.88. The molecule has 2 saturated heterocycles. The second-order valence-electron chi connectivity index (χ2n) is 5.57. The standard InChI is InChI=1S/C14H22N4O/c1-2-6-17-8-5-16-13(14(17)19)18-7-3-4-11-9-15-10-12(11)18/h5,8,11-12,15H,2-4,6-7,9-10H2,1H3. The van der Waals surface area contributed by atoms with Crippen LogP contribution in [-0.4, -0.2) is 35.2 Å². The quantitative estimate of drug-likeness (QED) is 0.877. The monoisotopic (exact) mass is 262 g/mol. The molecular formula is C14H22N4O. The Bertz CT molecular complexity index is 498. The molecule has 19 heavy (non-hydrogen) atoms. The van der Waals surface area contributed by atoms with Gasteiger partial charge >= 0.3 is 0 Å². The minimum Gasteiger partial charge on any atom is -0.347 e. The third-order valence-corrected chi connectivity index (χ3v) is 4.31. The van der Waals surface area contributed by atoms with Gasteiger partial charge in [0.25, 0.3) is 5.56 Å². The van der Waals surface area contributed by atoms with Crippen molar-refractivity contribution in [2.45, 2.75) is 38.8 Å². The van der Waals surface area contributed by atoms with Crippen LogP contribution in [0.1, 0.15) is 26.2 Å². The molecule has 1 aromatic heterocycles. The van der Waals surface area contributed by atoms with Crippen LogP contribution in [0.2, 0.25) is 0 Å². The molecule has 0 bridgehead atoms. The molecule has 2 fully saturated rings. The van der Waals surface area contributed by atoms with Crippen molar-refractivity contribution in [3.63, 3.8) is 0 Å². The van der Waals surface area contributed by atoms with Crippen molar-refractivity contribution in [3.8, 4) is 0 Å². The number of nitrogens with one attached hydrogen (secondary N) is 1. The van der Waals surface area contributed by atoms with Crippen molar-refractivity contribution in [1.29, 1.82) is 0 Å². The Morgan fingerprint density at radius 3 is 3.21 bits per heavy atom. The van der Waals surface area contributed by atoms with Gasteiger partial charge in [-0.05, 0) is 25.2 Å². The first kappa shape index (κ1) is 12.7. The molecular weight excluding hydrogens is 240 g/mol. The first-order valence-corrected chi connectivity index (χ1v) is 7.34. The summed E-state index contributed by atoms with van der Waals surface area (Å²) in [6, 6.07) is 0.450. The number of fused-ring (bicyclic) bond motifs is 1. The Balaban J connectivity index is 1.92. The molecule has 5 heteroatoms. The van der Waals surface area contributed by atoms with Crippen LogP contribution >= 0.6 is 0 Å². The van der Waals surface area contributed by atoms with E-state index in [4.69, 9.17) is 0 Å². The molecule has 0 spiro atoms. The lowest BCUT2D eigenvalue weighted by atomic mass is 9.92. The summed E-state index contributed by atoms with van der Waals surface area (Å²) in [5.74, 6) is 1.32. The zero-order valence-electron chi connectivity index (χ0n) is 11.5. The van der Waals surface area contributed by atoms with Gasteiger partial charge in [-0.25, -0.2) is 4.98 Å². The van der Waals surface area contributed by atoms with Crippen LogP contribution in [0.15, 0.2) is 17.2 Å². The van der Waals surface area contributed by atoms with E-state index in [1.807, 2.05) is 0 Å². The molecule has 0 aromatic carbocycles. The van der Waals surface area contributed by atoms with Crippen molar-refractivity contribution < 1.29 is 0 Å². The molecule has 1 N–H and O–H groups in total. The number of nitrogens with zero attached hydrogens (tertiary/aromatic N) is 3. The maximum Gasteiger partial charge on any atom is 0.293 e. The van der Waals surface area contributed by atoms with Gasteiger partial charge in [-0.2, -0.15) is 0 Å². The van der Waals surface area contributed by atoms with Gasteiger partial charge in [0.1, 0.15) is 0 Å². The normalized spacial score (nSPS) is 26.5. The van der Waals surface area contributed by atoms with Crippen LogP contribution in [0.3, 0.4) is 0 Å². The van der Waals surface area contributed by atoms with E-state index in [-0.39, 0.29) is 5.56 Å². The van der Waals surface area contributed by atoms with E-state index in [0.29, 0.717) is 17.8 Å². The molecule has 0 saturated carbocycles. The molecule has 3 rings (SSSR count). The first-order valence-electron chi connectivity index (χ1n) is 7.34. The molecule has 3 heterocycles. The van der Waals surface area contributed by atoms with Crippen LogP contribution in [0.4, 0.5) is 5.82 Å². The molecule has 0 radical (unpaired) electrons. The number of aromatic nitrogens is 2. The van der Waals surface area contributed by atoms with Crippen LogP contribution in [-0.2, 0) is 6.54 Å². The lowest BCUT2D eigenvalue weighted by Crippen LogP contribution is -2.48. The fourth-order valence-electron chi connectivity index (χ4n) is 3.38. The van der Waals surface area contributed by atoms with Crippen molar-refractivity contribution in [2.75, 3.05) is 24.5 Å². The van der Waals surface area contributed by atoms with Crippen LogP contribution in [0.5, 0.6) is 0 Å². The van der Waals surface area contributed by atoms with E-state index in [2.05, 4.69) is 22.1 Å². The van der Waals surface area contributed by atoms with Crippen molar-refractivity contribution in [1.82, 2.24) is 14.9 Å². The summed E-state index contributed by atoms with van der Waals surface area (Å²) in [7, 11) is 0. The Hall–Kier alpha value is -1.36. The predicted molar refractivity (Wildman–Crippen MR) is 75.5 cm³/mol. The molecule has 0 aliphatic carbocycles. The van der Waals surface area contributed by atoms with Gasteiger partial charge in [0.2, 0.25) is 0 Å². The van der Waals surface area contributed by atoms with Crippen LogP contribution in [0, 0.1) is 5.92 Å². The van der Waals surface area contributed by atoms with Gasteiger partial charge in [-0.3, -0.25) is 4.79 Å². The highest BCUT2D eigenvalue weighted by molar-refractivity contribution is 5.39. The molecule has 2 atom stereocenters. The summed E-state index contributed by atoms with van der Waals surface area (Å²) in [4.78, 5) is 19.1. The van der Waals surface area contributed by atoms with E-state index in [1.54, 1.807) is 17.0 Å². The van der Waals surface area contributed by atoms with Crippen molar-refractivity contribution in [2.24, 2.45) is 5.92 Å². The fraction of sp³-hybridized carbons (Fsp3) is 0.714. The first-order chi connectivity index (χ1) is 9.31. The van der Waals surface area contributed by atoms with E-state index < -0.39 is 0 Å². The van der Waals surface area contributed by atoms with Gasteiger partial charge in [-0.1, -0.05) is 6.92 Å². The Morgan fingerprint density at radius 2 is 2.37 bits per heavy atom. The average Bonchev–Trinajstić information content (AvgIpc) is 2.90. The number of aryl methyl sites for hydroxylation is 1. The van der Waals surface area contributed by atoms with Gasteiger partial charge in [0, 0.05) is 44.6 Å². The van der Waals surface area contributed by atoms with Crippen LogP contribution < -0.4 is 15.8 Å². The number of piperidine rings is 1. The van der Waals surface area contributed by atoms with Gasteiger partial charge in [-0.15, -0.1) is 0 Å². The molecule has 2 unspecified atom stereocenters. The lowest BCUT2D eigenvalue weighted by molar-refractivity contribution is 0.381. The zero-order valence-corrected chi connectivity index (χ0v) is 11.5. The highest BCUT2D eigenvalue weighted by Crippen LogP contribution is 2.28. The molecule has 2 aliphatic rings. The molecule has 1 aromatic rings. The SMILES string of the molecule is CCCn1ccnc(N2CCCC3CNCC32)c1=O. The third-order valence-electron chi connectivity index (χ3n) is 4.31. The number of hydrogen-bond donors (Lipinski definition) is 1. The average molecular weight is 262 g/mol. The van der Waals surface area contributed by atoms with Gasteiger partial charge in [0.05, 0.1) is 0 Å². The summed E-state index contributed by atoms with van der Waals surface area (Å²) in [5.41, 5.74) is 0.0666. The second kappa shape index (κ2) is 5.33. The lowest BCUT2D eigenvalue weighted by Gasteiger charge is -2.37. The molecule has 5 nitrogen and oxygen atoms in total. The zero-order chi connectivity index (χ0) is 13.2. The van der Waals surface area contributed by atoms with Crippen molar-refractivity contribution in [3.05, 3.63) is 22.7 Å². The Kier molecular flexibility index (Phi) is 3.55. The fourth-order valence-corrected chi connectivity index (χ4v) is 3.38. The van der Waals surface area contributed by atoms with Crippen LogP contribution in [0.25, 0.3) is 0 Å². The van der Waals surface area contributed by atoms with E-state index in [9.17, 15) is 4.79 Å². The van der Waals surface area contributed by atoms with Crippen molar-refractivity contribution >= 4 is 5.82 Å². The highest BCUT2D eigenvalue weighted by atomic mass is 16.1. The maximum atomic E-state index is 12.5. The predicted octanol–water partition coefficient (Wildman–Crippen LogP) is 0.841. The number of rotatable bonds is 3. The topological polar surface area (TPSA) is 50.2 Å². The maximum absolute atomic E-state index is 12.5. The smallest absolute Gasteiger partial charge is 0.293 e. The molecule has 0 amide bonds. The molecule has 2 aliphatic heterocycles. The third kappa shape index (κ3) is 2.27. The summed E-state index contributed by atoms with van der Waals surface area (Å²) < 4.78 is 1.79. The minimum atomic E-state index is 0.0666. The number of anilines is 1. The summed E-state index contributed by atoms with van der Waals surface area (Å²) >= 11 is 0. The van der Waals surface area contributed by atoms with Gasteiger partial charge < -0.3 is 14.8 Å². The van der Waals surface area contributed by atoms with E-state index in [0.717, 1.165) is 39.0 Å². The number of hydrogen-bond acceptors (Lipinski definition) is 4. The second-order valence-corrected chi connectivity index (χ2v) is 5.57. The Labute approximate surface area is 113 Å². The van der Waals surface area contributed by atoms with E-state index in [1.165, 1.54) is 6.42 Å².